The van der Waals surface area contributed by atoms with Crippen molar-refractivity contribution in [2.45, 2.75) is 6.42 Å². The maximum Gasteiger partial charge on any atom is 0.154 e. The first-order chi connectivity index (χ1) is 6.33. The molecule has 0 saturated heterocycles. The number of alkyl halides is 1. The molecule has 0 N–H and O–H groups in total. The van der Waals surface area contributed by atoms with Crippen molar-refractivity contribution < 1.29 is 0 Å². The molecule has 2 rings (SSSR count). The van der Waals surface area contributed by atoms with E-state index in [-0.39, 0.29) is 0 Å². The topological polar surface area (TPSA) is 17.8 Å². The predicted octanol–water partition coefficient (Wildman–Crippen LogP) is 2.82. The molecule has 0 atom stereocenters. The highest BCUT2D eigenvalue weighted by Gasteiger charge is 2.06. The fourth-order valence-corrected chi connectivity index (χ4v) is 1.84. The minimum Gasteiger partial charge on any atom is -0.243 e. The largest absolute Gasteiger partial charge is 0.243 e. The van der Waals surface area contributed by atoms with Crippen molar-refractivity contribution in [1.82, 2.24) is 9.07 Å². The van der Waals surface area contributed by atoms with Crippen LogP contribution in [0.1, 0.15) is 5.56 Å². The first-order valence-corrected chi connectivity index (χ1v) is 4.87. The summed E-state index contributed by atoms with van der Waals surface area (Å²) in [5.41, 5.74) is 1.94. The molecule has 0 fully saturated rings. The Labute approximate surface area is 86.2 Å². The Morgan fingerprint density at radius 1 is 1.46 bits per heavy atom. The summed E-state index contributed by atoms with van der Waals surface area (Å²) in [6, 6.07) is 3.90. The van der Waals surface area contributed by atoms with Gasteiger partial charge in [-0.25, -0.2) is 9.07 Å². The van der Waals surface area contributed by atoms with Crippen LogP contribution in [-0.4, -0.2) is 15.0 Å². The van der Waals surface area contributed by atoms with E-state index < -0.39 is 0 Å². The second-order valence-corrected chi connectivity index (χ2v) is 3.52. The van der Waals surface area contributed by atoms with Crippen molar-refractivity contribution in [3.8, 4) is 0 Å². The van der Waals surface area contributed by atoms with E-state index in [2.05, 4.69) is 4.98 Å². The van der Waals surface area contributed by atoms with E-state index in [4.69, 9.17) is 23.4 Å². The minimum absolute atomic E-state index is 0.602. The molecular formula is C9H8Cl2N2. The Morgan fingerprint density at radius 3 is 3.08 bits per heavy atom. The van der Waals surface area contributed by atoms with Crippen LogP contribution in [0, 0.1) is 0 Å². The first-order valence-electron chi connectivity index (χ1n) is 4.00. The number of aryl methyl sites for hydroxylation is 1. The van der Waals surface area contributed by atoms with Gasteiger partial charge in [0, 0.05) is 35.4 Å². The van der Waals surface area contributed by atoms with Crippen molar-refractivity contribution in [3.63, 3.8) is 0 Å². The van der Waals surface area contributed by atoms with Gasteiger partial charge in [-0.1, -0.05) is 0 Å². The lowest BCUT2D eigenvalue weighted by atomic mass is 10.2. The number of hydrogen-bond donors (Lipinski definition) is 0. The predicted molar refractivity (Wildman–Crippen MR) is 55.4 cm³/mol. The maximum absolute atomic E-state index is 5.92. The number of rotatable bonds is 2. The molecule has 0 aliphatic heterocycles. The van der Waals surface area contributed by atoms with Crippen LogP contribution < -0.4 is 0 Å². The summed E-state index contributed by atoms with van der Waals surface area (Å²) in [5.74, 6) is 0.602. The highest BCUT2D eigenvalue weighted by Crippen LogP contribution is 2.20. The van der Waals surface area contributed by atoms with Crippen molar-refractivity contribution in [2.24, 2.45) is 0 Å². The van der Waals surface area contributed by atoms with Crippen LogP contribution in [0.4, 0.5) is 0 Å². The first kappa shape index (κ1) is 8.85. The van der Waals surface area contributed by atoms with Gasteiger partial charge in [-0.15, -0.1) is 11.6 Å². The quantitative estimate of drug-likeness (QED) is 0.704. The van der Waals surface area contributed by atoms with Gasteiger partial charge in [-0.2, -0.15) is 0 Å². The molecule has 68 valence electrons. The fourth-order valence-electron chi connectivity index (χ4n) is 1.39. The van der Waals surface area contributed by atoms with Gasteiger partial charge in [0.15, 0.2) is 5.65 Å². The number of hydrogen-bond acceptors (Lipinski definition) is 1. The monoisotopic (exact) mass is 214 g/mol. The zero-order valence-electron chi connectivity index (χ0n) is 6.87. The van der Waals surface area contributed by atoms with Gasteiger partial charge in [-0.05, 0) is 24.1 Å². The molecule has 0 amide bonds. The van der Waals surface area contributed by atoms with Gasteiger partial charge in [0.25, 0.3) is 0 Å². The van der Waals surface area contributed by atoms with Crippen LogP contribution in [-0.2, 0) is 6.42 Å². The summed E-state index contributed by atoms with van der Waals surface area (Å²) in [7, 11) is 0. The molecular weight excluding hydrogens is 207 g/mol. The highest BCUT2D eigenvalue weighted by molar-refractivity contribution is 6.19. The van der Waals surface area contributed by atoms with E-state index in [1.807, 2.05) is 18.3 Å². The fraction of sp³-hybridized carbons (Fsp3) is 0.222. The van der Waals surface area contributed by atoms with Crippen LogP contribution in [0.3, 0.4) is 0 Å². The molecule has 0 aliphatic rings. The zero-order valence-corrected chi connectivity index (χ0v) is 8.39. The van der Waals surface area contributed by atoms with Crippen LogP contribution in [0.15, 0.2) is 24.5 Å². The summed E-state index contributed by atoms with van der Waals surface area (Å²) < 4.78 is 1.51. The van der Waals surface area contributed by atoms with E-state index in [9.17, 15) is 0 Å². The van der Waals surface area contributed by atoms with Crippen LogP contribution in [0.25, 0.3) is 11.0 Å². The Hall–Kier alpha value is -0.730. The molecule has 0 aromatic carbocycles. The lowest BCUT2D eigenvalue weighted by Crippen LogP contribution is -1.82. The second-order valence-electron chi connectivity index (χ2n) is 2.78. The van der Waals surface area contributed by atoms with Crippen LogP contribution in [0.5, 0.6) is 0 Å². The molecule has 0 spiro atoms. The molecule has 2 aromatic heterocycles. The van der Waals surface area contributed by atoms with E-state index >= 15 is 0 Å². The van der Waals surface area contributed by atoms with Gasteiger partial charge in [0.2, 0.25) is 0 Å². The number of pyridine rings is 1. The van der Waals surface area contributed by atoms with Crippen molar-refractivity contribution in [3.05, 3.63) is 30.1 Å². The maximum atomic E-state index is 5.92. The van der Waals surface area contributed by atoms with Gasteiger partial charge in [0.1, 0.15) is 0 Å². The smallest absolute Gasteiger partial charge is 0.154 e. The number of halogens is 2. The Morgan fingerprint density at radius 2 is 2.31 bits per heavy atom. The summed E-state index contributed by atoms with van der Waals surface area (Å²) in [5, 5.41) is 1.08. The SMILES string of the molecule is ClCCc1cn(Cl)c2ncccc12. The van der Waals surface area contributed by atoms with Gasteiger partial charge in [-0.3, -0.25) is 0 Å². The molecule has 2 nitrogen and oxygen atoms in total. The standard InChI is InChI=1S/C9H8Cl2N2/c10-4-3-7-6-13(11)9-8(7)2-1-5-12-9/h1-2,5-6H,3-4H2. The average molecular weight is 215 g/mol. The Kier molecular flexibility index (Phi) is 2.42. The van der Waals surface area contributed by atoms with Crippen LogP contribution in [0.2, 0.25) is 0 Å². The zero-order chi connectivity index (χ0) is 9.26. The third kappa shape index (κ3) is 1.52. The van der Waals surface area contributed by atoms with Crippen molar-refractivity contribution >= 4 is 34.4 Å². The van der Waals surface area contributed by atoms with E-state index in [0.717, 1.165) is 23.0 Å². The third-order valence-electron chi connectivity index (χ3n) is 1.97. The molecule has 0 saturated carbocycles. The molecule has 13 heavy (non-hydrogen) atoms. The number of fused-ring (bicyclic) bond motifs is 1. The van der Waals surface area contributed by atoms with Crippen molar-refractivity contribution in [1.29, 1.82) is 0 Å². The lowest BCUT2D eigenvalue weighted by molar-refractivity contribution is 1.15. The third-order valence-corrected chi connectivity index (χ3v) is 2.41. The minimum atomic E-state index is 0.602. The van der Waals surface area contributed by atoms with Gasteiger partial charge < -0.3 is 0 Å². The molecule has 0 unspecified atom stereocenters. The summed E-state index contributed by atoms with van der Waals surface area (Å²) >= 11 is 11.6. The Bertz CT molecular complexity index is 422. The Balaban J connectivity index is 2.63. The summed E-state index contributed by atoms with van der Waals surface area (Å²) in [6.45, 7) is 0. The van der Waals surface area contributed by atoms with E-state index in [1.54, 1.807) is 6.20 Å². The molecule has 0 radical (unpaired) electrons. The highest BCUT2D eigenvalue weighted by atomic mass is 35.5. The summed E-state index contributed by atoms with van der Waals surface area (Å²) in [6.07, 6.45) is 4.41. The van der Waals surface area contributed by atoms with E-state index in [1.165, 1.54) is 4.09 Å². The molecule has 0 bridgehead atoms. The molecule has 4 heteroatoms. The summed E-state index contributed by atoms with van der Waals surface area (Å²) in [4.78, 5) is 4.17. The lowest BCUT2D eigenvalue weighted by Gasteiger charge is -1.92. The molecule has 2 heterocycles. The number of nitrogens with zero attached hydrogens (tertiary/aromatic N) is 2. The van der Waals surface area contributed by atoms with Crippen LogP contribution >= 0.6 is 23.4 Å². The number of aromatic nitrogens is 2. The van der Waals surface area contributed by atoms with Crippen molar-refractivity contribution in [2.75, 3.05) is 5.88 Å². The molecule has 0 aliphatic carbocycles. The average Bonchev–Trinajstić information content (AvgIpc) is 2.46. The normalized spacial score (nSPS) is 10.9. The van der Waals surface area contributed by atoms with Gasteiger partial charge >= 0.3 is 0 Å². The van der Waals surface area contributed by atoms with E-state index in [0.29, 0.717) is 5.88 Å². The van der Waals surface area contributed by atoms with Gasteiger partial charge in [0.05, 0.1) is 0 Å². The second kappa shape index (κ2) is 3.56. The molecule has 2 aromatic rings.